The van der Waals surface area contributed by atoms with Gasteiger partial charge in [0.15, 0.2) is 5.16 Å². The number of hydrogen-bond donors (Lipinski definition) is 1. The van der Waals surface area contributed by atoms with Crippen LogP contribution in [-0.4, -0.2) is 34.4 Å². The quantitative estimate of drug-likeness (QED) is 0.749. The van der Waals surface area contributed by atoms with Gasteiger partial charge in [-0.2, -0.15) is 15.0 Å². The second kappa shape index (κ2) is 6.44. The molecule has 1 aromatic heterocycles. The molecule has 0 fully saturated rings. The van der Waals surface area contributed by atoms with Gasteiger partial charge < -0.3 is 10.1 Å². The van der Waals surface area contributed by atoms with Crippen molar-refractivity contribution in [2.24, 2.45) is 0 Å². The molecule has 0 aliphatic carbocycles. The summed E-state index contributed by atoms with van der Waals surface area (Å²) in [4.78, 5) is 12.5. The van der Waals surface area contributed by atoms with Gasteiger partial charge in [0.2, 0.25) is 5.95 Å². The second-order valence-corrected chi connectivity index (χ2v) is 3.99. The minimum absolute atomic E-state index is 0.396. The van der Waals surface area contributed by atoms with E-state index in [4.69, 9.17) is 4.74 Å². The first-order chi connectivity index (χ1) is 7.30. The number of thioether (sulfide) groups is 1. The normalized spacial score (nSPS) is 10.1. The third-order valence-electron chi connectivity index (χ3n) is 1.53. The molecule has 15 heavy (non-hydrogen) atoms. The Morgan fingerprint density at radius 1 is 1.27 bits per heavy atom. The first-order valence-corrected chi connectivity index (χ1v) is 5.98. The smallest absolute Gasteiger partial charge is 0.322 e. The molecule has 0 aliphatic heterocycles. The van der Waals surface area contributed by atoms with Gasteiger partial charge in [-0.15, -0.1) is 0 Å². The van der Waals surface area contributed by atoms with Crippen molar-refractivity contribution in [1.82, 2.24) is 15.0 Å². The Balaban J connectivity index is 2.79. The highest BCUT2D eigenvalue weighted by Crippen LogP contribution is 2.16. The predicted octanol–water partition coefficient (Wildman–Crippen LogP) is 1.81. The van der Waals surface area contributed by atoms with Crippen molar-refractivity contribution in [2.45, 2.75) is 25.4 Å². The van der Waals surface area contributed by atoms with Gasteiger partial charge in [0.1, 0.15) is 0 Å². The van der Waals surface area contributed by atoms with Crippen LogP contribution >= 0.6 is 11.8 Å². The third-order valence-corrected chi connectivity index (χ3v) is 2.26. The van der Waals surface area contributed by atoms with E-state index < -0.39 is 0 Å². The van der Waals surface area contributed by atoms with Crippen LogP contribution in [0.2, 0.25) is 0 Å². The number of anilines is 1. The topological polar surface area (TPSA) is 59.9 Å². The Hall–Kier alpha value is -1.04. The van der Waals surface area contributed by atoms with Crippen LogP contribution in [0.4, 0.5) is 5.95 Å². The maximum absolute atomic E-state index is 5.37. The van der Waals surface area contributed by atoms with E-state index in [0.717, 1.165) is 12.2 Å². The van der Waals surface area contributed by atoms with E-state index in [2.05, 4.69) is 27.2 Å². The van der Waals surface area contributed by atoms with Gasteiger partial charge in [0.25, 0.3) is 0 Å². The Kier molecular flexibility index (Phi) is 5.17. The zero-order chi connectivity index (χ0) is 11.1. The molecule has 0 saturated heterocycles. The van der Waals surface area contributed by atoms with Crippen LogP contribution in [-0.2, 0) is 0 Å². The second-order valence-electron chi connectivity index (χ2n) is 2.76. The zero-order valence-corrected chi connectivity index (χ0v) is 10.1. The molecule has 0 bridgehead atoms. The summed E-state index contributed by atoms with van der Waals surface area (Å²) in [7, 11) is 1.78. The van der Waals surface area contributed by atoms with Gasteiger partial charge in [-0.3, -0.25) is 0 Å². The molecule has 1 heterocycles. The van der Waals surface area contributed by atoms with E-state index in [1.54, 1.807) is 18.8 Å². The molecule has 0 radical (unpaired) electrons. The maximum Gasteiger partial charge on any atom is 0.322 e. The van der Waals surface area contributed by atoms with Crippen LogP contribution in [0.15, 0.2) is 5.16 Å². The molecule has 1 N–H and O–H groups in total. The fourth-order valence-corrected chi connectivity index (χ4v) is 1.45. The van der Waals surface area contributed by atoms with Crippen LogP contribution in [0.3, 0.4) is 0 Å². The molecule has 1 aromatic rings. The SMILES string of the molecule is CCCOc1nc(NC)nc(SCC)n1. The lowest BCUT2D eigenvalue weighted by molar-refractivity contribution is 0.288. The lowest BCUT2D eigenvalue weighted by Crippen LogP contribution is -2.05. The molecule has 84 valence electrons. The largest absolute Gasteiger partial charge is 0.463 e. The van der Waals surface area contributed by atoms with Crippen LogP contribution in [0.25, 0.3) is 0 Å². The molecule has 0 aliphatic rings. The summed E-state index contributed by atoms with van der Waals surface area (Å²) in [5, 5.41) is 3.58. The minimum Gasteiger partial charge on any atom is -0.463 e. The Morgan fingerprint density at radius 3 is 2.67 bits per heavy atom. The number of ether oxygens (including phenoxy) is 1. The number of rotatable bonds is 6. The van der Waals surface area contributed by atoms with E-state index >= 15 is 0 Å². The lowest BCUT2D eigenvalue weighted by atomic mass is 10.5. The van der Waals surface area contributed by atoms with Gasteiger partial charge in [-0.25, -0.2) is 0 Å². The predicted molar refractivity (Wildman–Crippen MR) is 61.6 cm³/mol. The molecule has 0 aromatic carbocycles. The Labute approximate surface area is 94.1 Å². The van der Waals surface area contributed by atoms with Crippen molar-refractivity contribution in [2.75, 3.05) is 24.7 Å². The van der Waals surface area contributed by atoms with Crippen LogP contribution in [0, 0.1) is 0 Å². The molecule has 0 spiro atoms. The third kappa shape index (κ3) is 3.91. The molecule has 0 atom stereocenters. The number of hydrogen-bond acceptors (Lipinski definition) is 6. The lowest BCUT2D eigenvalue weighted by Gasteiger charge is -2.06. The van der Waals surface area contributed by atoms with Crippen molar-refractivity contribution in [3.63, 3.8) is 0 Å². The molecular formula is C9H16N4OS. The fourth-order valence-electron chi connectivity index (χ4n) is 0.901. The molecular weight excluding hydrogens is 212 g/mol. The summed E-state index contributed by atoms with van der Waals surface area (Å²) < 4.78 is 5.37. The summed E-state index contributed by atoms with van der Waals surface area (Å²) in [6.07, 6.45) is 0.941. The first kappa shape index (κ1) is 12.0. The van der Waals surface area contributed by atoms with Crippen molar-refractivity contribution in [1.29, 1.82) is 0 Å². The van der Waals surface area contributed by atoms with Crippen LogP contribution in [0.1, 0.15) is 20.3 Å². The van der Waals surface area contributed by atoms with Gasteiger partial charge in [0.05, 0.1) is 6.61 Å². The summed E-state index contributed by atoms with van der Waals surface area (Å²) in [6, 6.07) is 0.396. The number of nitrogens with one attached hydrogen (secondary N) is 1. The highest BCUT2D eigenvalue weighted by atomic mass is 32.2. The van der Waals surface area contributed by atoms with Crippen molar-refractivity contribution in [3.05, 3.63) is 0 Å². The standard InChI is InChI=1S/C9H16N4OS/c1-4-6-14-8-11-7(10-3)12-9(13-8)15-5-2/h4-6H2,1-3H3,(H,10,11,12,13). The summed E-state index contributed by atoms with van der Waals surface area (Å²) in [5.74, 6) is 1.48. The fraction of sp³-hybridized carbons (Fsp3) is 0.667. The number of nitrogens with zero attached hydrogens (tertiary/aromatic N) is 3. The minimum atomic E-state index is 0.396. The average molecular weight is 228 g/mol. The highest BCUT2D eigenvalue weighted by molar-refractivity contribution is 7.99. The maximum atomic E-state index is 5.37. The van der Waals surface area contributed by atoms with E-state index in [9.17, 15) is 0 Å². The van der Waals surface area contributed by atoms with Gasteiger partial charge in [-0.05, 0) is 12.2 Å². The van der Waals surface area contributed by atoms with Gasteiger partial charge >= 0.3 is 6.01 Å². The van der Waals surface area contributed by atoms with Gasteiger partial charge in [0, 0.05) is 7.05 Å². The Bertz CT molecular complexity index is 308. The van der Waals surface area contributed by atoms with E-state index in [0.29, 0.717) is 23.7 Å². The molecule has 0 saturated carbocycles. The molecule has 5 nitrogen and oxygen atoms in total. The molecule has 1 rings (SSSR count). The van der Waals surface area contributed by atoms with Crippen molar-refractivity contribution < 1.29 is 4.74 Å². The van der Waals surface area contributed by atoms with Gasteiger partial charge in [-0.1, -0.05) is 25.6 Å². The summed E-state index contributed by atoms with van der Waals surface area (Å²) in [5.41, 5.74) is 0. The molecule has 0 unspecified atom stereocenters. The number of aromatic nitrogens is 3. The summed E-state index contributed by atoms with van der Waals surface area (Å²) >= 11 is 1.57. The van der Waals surface area contributed by atoms with Crippen LogP contribution < -0.4 is 10.1 Å². The van der Waals surface area contributed by atoms with Crippen molar-refractivity contribution >= 4 is 17.7 Å². The highest BCUT2D eigenvalue weighted by Gasteiger charge is 2.05. The first-order valence-electron chi connectivity index (χ1n) is 4.99. The van der Waals surface area contributed by atoms with Crippen LogP contribution in [0.5, 0.6) is 6.01 Å². The van der Waals surface area contributed by atoms with E-state index in [1.165, 1.54) is 0 Å². The molecule has 6 heteroatoms. The van der Waals surface area contributed by atoms with Crippen molar-refractivity contribution in [3.8, 4) is 6.01 Å². The molecule has 0 amide bonds. The average Bonchev–Trinajstić information content (AvgIpc) is 2.26. The van der Waals surface area contributed by atoms with E-state index in [1.807, 2.05) is 6.92 Å². The Morgan fingerprint density at radius 2 is 2.07 bits per heavy atom. The summed E-state index contributed by atoms with van der Waals surface area (Å²) in [6.45, 7) is 4.73. The zero-order valence-electron chi connectivity index (χ0n) is 9.28. The van der Waals surface area contributed by atoms with E-state index in [-0.39, 0.29) is 0 Å². The monoisotopic (exact) mass is 228 g/mol.